The van der Waals surface area contributed by atoms with Crippen LogP contribution in [0.4, 0.5) is 0 Å². The molecule has 0 bridgehead atoms. The molecule has 6 nitrogen and oxygen atoms in total. The van der Waals surface area contributed by atoms with Gasteiger partial charge in [-0.2, -0.15) is 0 Å². The average molecular weight is 380 g/mol. The first kappa shape index (κ1) is 18.5. The van der Waals surface area contributed by atoms with E-state index in [9.17, 15) is 4.79 Å². The Kier molecular flexibility index (Phi) is 5.05. The van der Waals surface area contributed by atoms with Gasteiger partial charge >= 0.3 is 0 Å². The van der Waals surface area contributed by atoms with Gasteiger partial charge in [0.15, 0.2) is 0 Å². The molecule has 0 saturated carbocycles. The highest BCUT2D eigenvalue weighted by atomic mass is 16.5. The first-order valence-corrected chi connectivity index (χ1v) is 9.65. The standard InChI is InChI=1S/C22H25N3O3/c1-15-6-4-8-21-23-16(12-22(26)25(15)21)14-24-11-5-7-19(24)18-10-9-17(27-2)13-20(18)28-3/h4,6,8-10,12-13,19H,5,7,11,14H2,1-3H3/p+1/t19-/m1/s1. The number of likely N-dealkylation sites (tertiary alicyclic amines) is 1. The molecule has 1 unspecified atom stereocenters. The Labute approximate surface area is 164 Å². The summed E-state index contributed by atoms with van der Waals surface area (Å²) in [4.78, 5) is 18.8. The lowest BCUT2D eigenvalue weighted by Crippen LogP contribution is -3.09. The second kappa shape index (κ2) is 7.64. The minimum Gasteiger partial charge on any atom is -0.497 e. The van der Waals surface area contributed by atoms with E-state index in [0.29, 0.717) is 11.7 Å². The van der Waals surface area contributed by atoms with Gasteiger partial charge in [-0.15, -0.1) is 0 Å². The van der Waals surface area contributed by atoms with Crippen molar-refractivity contribution in [3.05, 3.63) is 69.8 Å². The maximum absolute atomic E-state index is 12.6. The van der Waals surface area contributed by atoms with Crippen molar-refractivity contribution >= 4 is 5.65 Å². The molecule has 1 aliphatic rings. The summed E-state index contributed by atoms with van der Waals surface area (Å²) in [6.07, 6.45) is 2.23. The highest BCUT2D eigenvalue weighted by Crippen LogP contribution is 2.31. The van der Waals surface area contributed by atoms with E-state index in [0.717, 1.165) is 48.8 Å². The molecule has 3 heterocycles. The SMILES string of the molecule is COc1ccc([C@H]2CCC[NH+]2Cc2cc(=O)n3c(C)cccc3n2)c(OC)c1. The van der Waals surface area contributed by atoms with E-state index in [4.69, 9.17) is 14.5 Å². The van der Waals surface area contributed by atoms with E-state index < -0.39 is 0 Å². The van der Waals surface area contributed by atoms with Crippen molar-refractivity contribution < 1.29 is 14.4 Å². The van der Waals surface area contributed by atoms with Crippen LogP contribution in [0.1, 0.15) is 35.8 Å². The molecular formula is C22H26N3O3+. The quantitative estimate of drug-likeness (QED) is 0.735. The third kappa shape index (κ3) is 3.36. The fourth-order valence-corrected chi connectivity index (χ4v) is 4.29. The number of hydrogen-bond donors (Lipinski definition) is 1. The highest BCUT2D eigenvalue weighted by molar-refractivity contribution is 5.42. The zero-order valence-electron chi connectivity index (χ0n) is 16.6. The van der Waals surface area contributed by atoms with Gasteiger partial charge in [-0.3, -0.25) is 9.20 Å². The minimum atomic E-state index is -0.0183. The number of quaternary nitrogens is 1. The van der Waals surface area contributed by atoms with E-state index in [2.05, 4.69) is 6.07 Å². The maximum atomic E-state index is 12.6. The number of hydrogen-bond acceptors (Lipinski definition) is 4. The number of aromatic nitrogens is 2. The van der Waals surface area contributed by atoms with Gasteiger partial charge < -0.3 is 14.4 Å². The monoisotopic (exact) mass is 380 g/mol. The molecule has 1 N–H and O–H groups in total. The molecular weight excluding hydrogens is 354 g/mol. The molecule has 28 heavy (non-hydrogen) atoms. The van der Waals surface area contributed by atoms with Gasteiger partial charge in [0.1, 0.15) is 35.4 Å². The van der Waals surface area contributed by atoms with Crippen LogP contribution in [0, 0.1) is 6.92 Å². The molecule has 1 aliphatic heterocycles. The number of pyridine rings is 1. The van der Waals surface area contributed by atoms with Crippen LogP contribution in [0.15, 0.2) is 47.3 Å². The molecule has 4 rings (SSSR count). The summed E-state index contributed by atoms with van der Waals surface area (Å²) >= 11 is 0. The molecule has 0 aliphatic carbocycles. The predicted molar refractivity (Wildman–Crippen MR) is 107 cm³/mol. The molecule has 6 heteroatoms. The van der Waals surface area contributed by atoms with E-state index in [1.54, 1.807) is 24.7 Å². The first-order chi connectivity index (χ1) is 13.6. The third-order valence-corrected chi connectivity index (χ3v) is 5.64. The molecule has 146 valence electrons. The number of aryl methyl sites for hydroxylation is 1. The van der Waals surface area contributed by atoms with Gasteiger partial charge in [-0.25, -0.2) is 4.98 Å². The minimum absolute atomic E-state index is 0.0183. The maximum Gasteiger partial charge on any atom is 0.258 e. The molecule has 2 atom stereocenters. The van der Waals surface area contributed by atoms with Gasteiger partial charge in [0.2, 0.25) is 0 Å². The summed E-state index contributed by atoms with van der Waals surface area (Å²) in [6.45, 7) is 3.70. The van der Waals surface area contributed by atoms with Gasteiger partial charge in [0.05, 0.1) is 26.3 Å². The van der Waals surface area contributed by atoms with Crippen LogP contribution in [0.2, 0.25) is 0 Å². The van der Waals surface area contributed by atoms with Crippen LogP contribution in [0.5, 0.6) is 11.5 Å². The second-order valence-corrected chi connectivity index (χ2v) is 7.33. The molecule has 0 amide bonds. The first-order valence-electron chi connectivity index (χ1n) is 9.65. The van der Waals surface area contributed by atoms with Gasteiger partial charge in [-0.1, -0.05) is 6.07 Å². The number of methoxy groups -OCH3 is 2. The lowest BCUT2D eigenvalue weighted by atomic mass is 10.0. The van der Waals surface area contributed by atoms with Gasteiger partial charge in [-0.05, 0) is 31.2 Å². The predicted octanol–water partition coefficient (Wildman–Crippen LogP) is 1.94. The second-order valence-electron chi connectivity index (χ2n) is 7.33. The molecule has 0 radical (unpaired) electrons. The van der Waals surface area contributed by atoms with Crippen molar-refractivity contribution in [2.45, 2.75) is 32.4 Å². The number of nitrogens with one attached hydrogen (secondary N) is 1. The lowest BCUT2D eigenvalue weighted by molar-refractivity contribution is -0.932. The molecule has 1 aromatic carbocycles. The summed E-state index contributed by atoms with van der Waals surface area (Å²) in [5.41, 5.74) is 3.61. The smallest absolute Gasteiger partial charge is 0.258 e. The summed E-state index contributed by atoms with van der Waals surface area (Å²) in [7, 11) is 3.36. The lowest BCUT2D eigenvalue weighted by Gasteiger charge is -2.23. The van der Waals surface area contributed by atoms with Crippen molar-refractivity contribution in [2.24, 2.45) is 0 Å². The van der Waals surface area contributed by atoms with Gasteiger partial charge in [0.25, 0.3) is 5.56 Å². The fourth-order valence-electron chi connectivity index (χ4n) is 4.29. The van der Waals surface area contributed by atoms with Crippen LogP contribution >= 0.6 is 0 Å². The van der Waals surface area contributed by atoms with Crippen LogP contribution in [0.3, 0.4) is 0 Å². The van der Waals surface area contributed by atoms with Crippen molar-refractivity contribution in [3.8, 4) is 11.5 Å². The summed E-state index contributed by atoms with van der Waals surface area (Å²) in [5.74, 6) is 1.64. The van der Waals surface area contributed by atoms with Gasteiger partial charge in [0, 0.05) is 30.7 Å². The highest BCUT2D eigenvalue weighted by Gasteiger charge is 2.32. The number of ether oxygens (including phenoxy) is 2. The number of rotatable bonds is 5. The number of fused-ring (bicyclic) bond motifs is 1. The van der Waals surface area contributed by atoms with E-state index in [1.165, 1.54) is 10.5 Å². The average Bonchev–Trinajstić information content (AvgIpc) is 3.15. The zero-order valence-corrected chi connectivity index (χ0v) is 16.6. The van der Waals surface area contributed by atoms with Crippen LogP contribution in [-0.4, -0.2) is 30.1 Å². The largest absolute Gasteiger partial charge is 0.497 e. The summed E-state index contributed by atoms with van der Waals surface area (Å²) < 4.78 is 12.6. The third-order valence-electron chi connectivity index (χ3n) is 5.64. The normalized spacial score (nSPS) is 19.1. The van der Waals surface area contributed by atoms with Crippen molar-refractivity contribution in [2.75, 3.05) is 20.8 Å². The van der Waals surface area contributed by atoms with Crippen LogP contribution < -0.4 is 19.9 Å². The molecule has 1 fully saturated rings. The molecule has 0 spiro atoms. The van der Waals surface area contributed by atoms with Crippen molar-refractivity contribution in [1.29, 1.82) is 0 Å². The van der Waals surface area contributed by atoms with E-state index in [1.807, 2.05) is 37.3 Å². The molecule has 2 aromatic heterocycles. The Hall–Kier alpha value is -2.86. The van der Waals surface area contributed by atoms with Crippen molar-refractivity contribution in [1.82, 2.24) is 9.38 Å². The fraction of sp³-hybridized carbons (Fsp3) is 0.364. The summed E-state index contributed by atoms with van der Waals surface area (Å²) in [6, 6.07) is 13.8. The summed E-state index contributed by atoms with van der Waals surface area (Å²) in [5, 5.41) is 0. The van der Waals surface area contributed by atoms with Crippen LogP contribution in [-0.2, 0) is 6.54 Å². The van der Waals surface area contributed by atoms with E-state index >= 15 is 0 Å². The topological polar surface area (TPSA) is 57.3 Å². The Bertz CT molecular complexity index is 1060. The van der Waals surface area contributed by atoms with E-state index in [-0.39, 0.29) is 5.56 Å². The Balaban J connectivity index is 1.65. The Morgan fingerprint density at radius 3 is 2.82 bits per heavy atom. The van der Waals surface area contributed by atoms with Crippen molar-refractivity contribution in [3.63, 3.8) is 0 Å². The number of benzene rings is 1. The Morgan fingerprint density at radius 1 is 1.18 bits per heavy atom. The molecule has 1 saturated heterocycles. The number of nitrogens with zero attached hydrogens (tertiary/aromatic N) is 2. The van der Waals surface area contributed by atoms with Crippen LogP contribution in [0.25, 0.3) is 5.65 Å². The Morgan fingerprint density at radius 2 is 2.04 bits per heavy atom. The molecule has 3 aromatic rings. The zero-order chi connectivity index (χ0) is 19.7.